The van der Waals surface area contributed by atoms with Gasteiger partial charge in [0.2, 0.25) is 0 Å². The lowest BCUT2D eigenvalue weighted by Gasteiger charge is -2.35. The van der Waals surface area contributed by atoms with E-state index in [9.17, 15) is 14.4 Å². The fourth-order valence-electron chi connectivity index (χ4n) is 1.06. The standard InChI is InChI=1S/C9H14O6/c1-7(13-4-10)9(3,15-6-12)8(2)14-5-11/h4-8H,1-3H3. The minimum absolute atomic E-state index is 0.218. The van der Waals surface area contributed by atoms with E-state index in [0.717, 1.165) is 0 Å². The lowest BCUT2D eigenvalue weighted by atomic mass is 9.94. The third kappa shape index (κ3) is 3.23. The zero-order valence-corrected chi connectivity index (χ0v) is 8.84. The van der Waals surface area contributed by atoms with Crippen LogP contribution in [0.3, 0.4) is 0 Å². The molecule has 0 rings (SSSR count). The van der Waals surface area contributed by atoms with Gasteiger partial charge >= 0.3 is 0 Å². The molecule has 0 aromatic rings. The van der Waals surface area contributed by atoms with E-state index in [4.69, 9.17) is 4.74 Å². The van der Waals surface area contributed by atoms with Crippen molar-refractivity contribution in [2.45, 2.75) is 38.6 Å². The molecule has 0 heterocycles. The molecule has 15 heavy (non-hydrogen) atoms. The summed E-state index contributed by atoms with van der Waals surface area (Å²) in [5.74, 6) is 0. The highest BCUT2D eigenvalue weighted by Crippen LogP contribution is 2.23. The summed E-state index contributed by atoms with van der Waals surface area (Å²) in [5, 5.41) is 0. The van der Waals surface area contributed by atoms with Crippen LogP contribution in [0.2, 0.25) is 0 Å². The molecule has 0 aromatic heterocycles. The van der Waals surface area contributed by atoms with Crippen LogP contribution in [0.5, 0.6) is 0 Å². The molecule has 6 heteroatoms. The maximum atomic E-state index is 10.3. The van der Waals surface area contributed by atoms with Gasteiger partial charge in [-0.3, -0.25) is 14.4 Å². The van der Waals surface area contributed by atoms with E-state index in [2.05, 4.69) is 9.47 Å². The summed E-state index contributed by atoms with van der Waals surface area (Å²) in [7, 11) is 0. The van der Waals surface area contributed by atoms with Gasteiger partial charge in [-0.15, -0.1) is 0 Å². The number of hydrogen-bond acceptors (Lipinski definition) is 6. The third-order valence-corrected chi connectivity index (χ3v) is 2.44. The van der Waals surface area contributed by atoms with Gasteiger partial charge in [0, 0.05) is 0 Å². The molecule has 0 aliphatic rings. The van der Waals surface area contributed by atoms with Crippen LogP contribution in [0.1, 0.15) is 20.8 Å². The van der Waals surface area contributed by atoms with Gasteiger partial charge in [0.05, 0.1) is 0 Å². The molecule has 0 N–H and O–H groups in total. The summed E-state index contributed by atoms with van der Waals surface area (Å²) >= 11 is 0. The van der Waals surface area contributed by atoms with Crippen molar-refractivity contribution in [3.05, 3.63) is 0 Å². The molecule has 0 spiro atoms. The maximum absolute atomic E-state index is 10.3. The first-order valence-electron chi connectivity index (χ1n) is 4.32. The molecule has 2 atom stereocenters. The Balaban J connectivity index is 4.75. The van der Waals surface area contributed by atoms with Crippen molar-refractivity contribution in [2.75, 3.05) is 0 Å². The lowest BCUT2D eigenvalue weighted by molar-refractivity contribution is -0.189. The molecule has 0 bridgehead atoms. The fourth-order valence-corrected chi connectivity index (χ4v) is 1.06. The predicted molar refractivity (Wildman–Crippen MR) is 48.8 cm³/mol. The molecular weight excluding hydrogens is 204 g/mol. The van der Waals surface area contributed by atoms with Crippen LogP contribution in [0, 0.1) is 0 Å². The minimum atomic E-state index is -1.20. The first-order chi connectivity index (χ1) is 7.02. The first kappa shape index (κ1) is 13.4. The van der Waals surface area contributed by atoms with Crippen LogP contribution in [0.15, 0.2) is 0 Å². The van der Waals surface area contributed by atoms with E-state index < -0.39 is 17.8 Å². The minimum Gasteiger partial charge on any atom is -0.460 e. The zero-order valence-electron chi connectivity index (χ0n) is 8.84. The number of rotatable bonds is 8. The van der Waals surface area contributed by atoms with Gasteiger partial charge in [-0.2, -0.15) is 0 Å². The molecule has 86 valence electrons. The van der Waals surface area contributed by atoms with Crippen LogP contribution in [-0.2, 0) is 28.6 Å². The van der Waals surface area contributed by atoms with Gasteiger partial charge in [0.15, 0.2) is 5.60 Å². The van der Waals surface area contributed by atoms with Gasteiger partial charge < -0.3 is 14.2 Å². The van der Waals surface area contributed by atoms with Crippen molar-refractivity contribution in [1.29, 1.82) is 0 Å². The SMILES string of the molecule is CC(OC=O)C(C)(OC=O)C(C)OC=O. The van der Waals surface area contributed by atoms with Crippen LogP contribution in [-0.4, -0.2) is 37.2 Å². The summed E-state index contributed by atoms with van der Waals surface area (Å²) in [6.45, 7) is 5.26. The van der Waals surface area contributed by atoms with Crippen LogP contribution in [0.25, 0.3) is 0 Å². The molecule has 0 amide bonds. The van der Waals surface area contributed by atoms with Crippen molar-refractivity contribution in [3.8, 4) is 0 Å². The second-order valence-corrected chi connectivity index (χ2v) is 3.15. The Labute approximate surface area is 87.5 Å². The smallest absolute Gasteiger partial charge is 0.293 e. The van der Waals surface area contributed by atoms with Crippen molar-refractivity contribution in [1.82, 2.24) is 0 Å². The van der Waals surface area contributed by atoms with E-state index in [1.165, 1.54) is 20.8 Å². The highest BCUT2D eigenvalue weighted by atomic mass is 16.6. The number of carbonyl (C=O) groups excluding carboxylic acids is 3. The first-order valence-corrected chi connectivity index (χ1v) is 4.32. The van der Waals surface area contributed by atoms with E-state index in [-0.39, 0.29) is 19.4 Å². The molecular formula is C9H14O6. The Kier molecular flexibility index (Phi) is 5.36. The van der Waals surface area contributed by atoms with Gasteiger partial charge in [0.25, 0.3) is 19.4 Å². The Morgan fingerprint density at radius 1 is 0.933 bits per heavy atom. The lowest BCUT2D eigenvalue weighted by Crippen LogP contribution is -2.51. The van der Waals surface area contributed by atoms with Gasteiger partial charge in [0.1, 0.15) is 12.2 Å². The highest BCUT2D eigenvalue weighted by molar-refractivity contribution is 5.41. The van der Waals surface area contributed by atoms with E-state index >= 15 is 0 Å². The Bertz CT molecular complexity index is 211. The largest absolute Gasteiger partial charge is 0.460 e. The fraction of sp³-hybridized carbons (Fsp3) is 0.667. The maximum Gasteiger partial charge on any atom is 0.293 e. The van der Waals surface area contributed by atoms with Crippen molar-refractivity contribution in [2.24, 2.45) is 0 Å². The highest BCUT2D eigenvalue weighted by Gasteiger charge is 2.42. The van der Waals surface area contributed by atoms with Crippen LogP contribution >= 0.6 is 0 Å². The topological polar surface area (TPSA) is 78.9 Å². The zero-order chi connectivity index (χ0) is 11.9. The van der Waals surface area contributed by atoms with E-state index in [0.29, 0.717) is 0 Å². The number of ether oxygens (including phenoxy) is 3. The van der Waals surface area contributed by atoms with Crippen molar-refractivity contribution >= 4 is 19.4 Å². The Morgan fingerprint density at radius 2 is 1.33 bits per heavy atom. The van der Waals surface area contributed by atoms with Crippen LogP contribution < -0.4 is 0 Å². The summed E-state index contributed by atoms with van der Waals surface area (Å²) in [4.78, 5) is 30.7. The van der Waals surface area contributed by atoms with Gasteiger partial charge in [-0.05, 0) is 20.8 Å². The second kappa shape index (κ2) is 6.00. The summed E-state index contributed by atoms with van der Waals surface area (Å²) in [6, 6.07) is 0. The molecule has 0 radical (unpaired) electrons. The average Bonchev–Trinajstić information content (AvgIpc) is 2.18. The summed E-state index contributed by atoms with van der Waals surface area (Å²) < 4.78 is 14.1. The van der Waals surface area contributed by atoms with Gasteiger partial charge in [-0.25, -0.2) is 0 Å². The molecule has 0 saturated heterocycles. The summed E-state index contributed by atoms with van der Waals surface area (Å²) in [5.41, 5.74) is -1.20. The number of carbonyl (C=O) groups is 3. The second-order valence-electron chi connectivity index (χ2n) is 3.15. The number of hydrogen-bond donors (Lipinski definition) is 0. The van der Waals surface area contributed by atoms with E-state index in [1.54, 1.807) is 0 Å². The normalized spacial score (nSPS) is 17.8. The molecule has 0 aliphatic carbocycles. The predicted octanol–water partition coefficient (Wildman–Crippen LogP) is 0.0411. The van der Waals surface area contributed by atoms with Crippen molar-refractivity contribution < 1.29 is 28.6 Å². The third-order valence-electron chi connectivity index (χ3n) is 2.44. The molecule has 0 aromatic carbocycles. The summed E-state index contributed by atoms with van der Waals surface area (Å²) in [6.07, 6.45) is -1.45. The quantitative estimate of drug-likeness (QED) is 0.423. The molecule has 0 fully saturated rings. The van der Waals surface area contributed by atoms with E-state index in [1.807, 2.05) is 0 Å². The van der Waals surface area contributed by atoms with Crippen LogP contribution in [0.4, 0.5) is 0 Å². The monoisotopic (exact) mass is 218 g/mol. The molecule has 6 nitrogen and oxygen atoms in total. The Hall–Kier alpha value is -1.59. The average molecular weight is 218 g/mol. The molecule has 0 aliphatic heterocycles. The Morgan fingerprint density at radius 3 is 1.60 bits per heavy atom. The van der Waals surface area contributed by atoms with Crippen molar-refractivity contribution in [3.63, 3.8) is 0 Å². The molecule has 2 unspecified atom stereocenters. The van der Waals surface area contributed by atoms with Gasteiger partial charge in [-0.1, -0.05) is 0 Å². The molecule has 0 saturated carbocycles.